The Morgan fingerprint density at radius 1 is 1.50 bits per heavy atom. The van der Waals surface area contributed by atoms with Crippen LogP contribution in [0.1, 0.15) is 18.9 Å². The first-order valence-corrected chi connectivity index (χ1v) is 7.59. The minimum absolute atomic E-state index is 0.0819. The van der Waals surface area contributed by atoms with Crippen LogP contribution in [0.25, 0.3) is 0 Å². The summed E-state index contributed by atoms with van der Waals surface area (Å²) in [7, 11) is 1.82. The fourth-order valence-corrected chi connectivity index (χ4v) is 2.87. The molecule has 1 unspecified atom stereocenters. The quantitative estimate of drug-likeness (QED) is 0.909. The van der Waals surface area contributed by atoms with Crippen LogP contribution in [0.4, 0.5) is 0 Å². The predicted octanol–water partition coefficient (Wildman–Crippen LogP) is 1.86. The molecule has 0 aliphatic carbocycles. The second-order valence-electron chi connectivity index (χ2n) is 5.80. The number of carbonyl (C=O) groups excluding carboxylic acids is 1. The molecule has 0 spiro atoms. The van der Waals surface area contributed by atoms with E-state index < -0.39 is 5.60 Å². The molecular weight excluding hydrogens is 320 g/mol. The third-order valence-corrected chi connectivity index (χ3v) is 4.45. The largest absolute Gasteiger partial charge is 0.389 e. The van der Waals surface area contributed by atoms with Gasteiger partial charge in [-0.05, 0) is 25.0 Å². The fourth-order valence-electron chi connectivity index (χ4n) is 2.46. The van der Waals surface area contributed by atoms with Crippen LogP contribution in [0.3, 0.4) is 0 Å². The van der Waals surface area contributed by atoms with Crippen molar-refractivity contribution in [1.82, 2.24) is 9.80 Å². The average molecular weight is 341 g/mol. The topological polar surface area (TPSA) is 43.8 Å². The monoisotopic (exact) mass is 340 g/mol. The number of hydrogen-bond donors (Lipinski definition) is 1. The number of nitrogens with zero attached hydrogens (tertiary/aromatic N) is 2. The molecule has 20 heavy (non-hydrogen) atoms. The Kier molecular flexibility index (Phi) is 4.83. The first-order chi connectivity index (χ1) is 9.37. The Labute approximate surface area is 128 Å². The third kappa shape index (κ3) is 4.04. The highest BCUT2D eigenvalue weighted by molar-refractivity contribution is 9.10. The number of hydrogen-bond acceptors (Lipinski definition) is 3. The second kappa shape index (κ2) is 6.24. The number of β-amino-alcohol motifs (C(OH)–C–C–N with tert-alkyl or cyclic N) is 1. The van der Waals surface area contributed by atoms with Crippen LogP contribution in [0.5, 0.6) is 0 Å². The van der Waals surface area contributed by atoms with Crippen molar-refractivity contribution in [2.45, 2.75) is 25.5 Å². The lowest BCUT2D eigenvalue weighted by atomic mass is 10.1. The molecular formula is C15H21BrN2O2. The molecule has 1 N–H and O–H groups in total. The minimum atomic E-state index is -0.651. The number of halogens is 1. The first-order valence-electron chi connectivity index (χ1n) is 6.79. The Morgan fingerprint density at radius 3 is 2.80 bits per heavy atom. The van der Waals surface area contributed by atoms with Gasteiger partial charge in [0.05, 0.1) is 12.1 Å². The molecule has 1 fully saturated rings. The number of likely N-dealkylation sites (tertiary alicyclic amines) is 1. The first kappa shape index (κ1) is 15.5. The summed E-state index contributed by atoms with van der Waals surface area (Å²) >= 11 is 3.50. The molecule has 5 heteroatoms. The van der Waals surface area contributed by atoms with Crippen molar-refractivity contribution in [3.05, 3.63) is 34.3 Å². The number of aliphatic hydroxyl groups is 1. The van der Waals surface area contributed by atoms with Gasteiger partial charge < -0.3 is 10.0 Å². The third-order valence-electron chi connectivity index (χ3n) is 3.68. The van der Waals surface area contributed by atoms with E-state index in [4.69, 9.17) is 0 Å². The molecule has 1 aliphatic rings. The molecule has 1 aromatic rings. The van der Waals surface area contributed by atoms with Gasteiger partial charge >= 0.3 is 0 Å². The maximum Gasteiger partial charge on any atom is 0.236 e. The van der Waals surface area contributed by atoms with Gasteiger partial charge in [0.2, 0.25) is 5.91 Å². The van der Waals surface area contributed by atoms with Crippen LogP contribution in [0.15, 0.2) is 28.7 Å². The highest BCUT2D eigenvalue weighted by Gasteiger charge is 2.32. The van der Waals surface area contributed by atoms with E-state index in [0.29, 0.717) is 19.6 Å². The molecule has 0 aromatic heterocycles. The van der Waals surface area contributed by atoms with Crippen molar-refractivity contribution in [3.63, 3.8) is 0 Å². The van der Waals surface area contributed by atoms with Gasteiger partial charge in [0.25, 0.3) is 0 Å². The lowest BCUT2D eigenvalue weighted by Crippen LogP contribution is -2.39. The summed E-state index contributed by atoms with van der Waals surface area (Å²) < 4.78 is 1.02. The molecule has 1 atom stereocenters. The molecule has 4 nitrogen and oxygen atoms in total. The second-order valence-corrected chi connectivity index (χ2v) is 6.65. The maximum absolute atomic E-state index is 12.2. The van der Waals surface area contributed by atoms with Gasteiger partial charge in [-0.15, -0.1) is 0 Å². The zero-order valence-corrected chi connectivity index (χ0v) is 13.6. The van der Waals surface area contributed by atoms with E-state index in [-0.39, 0.29) is 5.91 Å². The van der Waals surface area contributed by atoms with Gasteiger partial charge in [0.1, 0.15) is 0 Å². The van der Waals surface area contributed by atoms with Gasteiger partial charge in [-0.25, -0.2) is 0 Å². The normalized spacial score (nSPS) is 23.0. The molecule has 2 rings (SSSR count). The Bertz CT molecular complexity index is 491. The molecule has 0 saturated carbocycles. The summed E-state index contributed by atoms with van der Waals surface area (Å²) in [6.45, 7) is 4.13. The highest BCUT2D eigenvalue weighted by Crippen LogP contribution is 2.20. The van der Waals surface area contributed by atoms with Crippen LogP contribution in [0.2, 0.25) is 0 Å². The van der Waals surface area contributed by atoms with E-state index in [1.165, 1.54) is 0 Å². The van der Waals surface area contributed by atoms with Crippen LogP contribution >= 0.6 is 15.9 Å². The summed E-state index contributed by atoms with van der Waals surface area (Å²) in [4.78, 5) is 16.0. The van der Waals surface area contributed by atoms with Gasteiger partial charge in [-0.2, -0.15) is 0 Å². The average Bonchev–Trinajstić information content (AvgIpc) is 2.71. The summed E-state index contributed by atoms with van der Waals surface area (Å²) in [5, 5.41) is 9.92. The summed E-state index contributed by atoms with van der Waals surface area (Å²) in [5.74, 6) is 0.0819. The van der Waals surface area contributed by atoms with E-state index in [1.54, 1.807) is 4.90 Å². The summed E-state index contributed by atoms with van der Waals surface area (Å²) in [6.07, 6.45) is 0.730. The Morgan fingerprint density at radius 2 is 2.20 bits per heavy atom. The van der Waals surface area contributed by atoms with Crippen LogP contribution in [-0.4, -0.2) is 53.1 Å². The Hall–Kier alpha value is -0.910. The zero-order valence-electron chi connectivity index (χ0n) is 12.0. The van der Waals surface area contributed by atoms with E-state index in [1.807, 2.05) is 43.1 Å². The smallest absolute Gasteiger partial charge is 0.236 e. The SMILES string of the molecule is CN(Cc1ccccc1Br)C(=O)CN1CCC(C)(O)C1. The Balaban J connectivity index is 1.88. The minimum Gasteiger partial charge on any atom is -0.389 e. The summed E-state index contributed by atoms with van der Waals surface area (Å²) in [5.41, 5.74) is 0.443. The van der Waals surface area contributed by atoms with Crippen molar-refractivity contribution >= 4 is 21.8 Å². The molecule has 1 aliphatic heterocycles. The summed E-state index contributed by atoms with van der Waals surface area (Å²) in [6, 6.07) is 7.91. The van der Waals surface area contributed by atoms with Gasteiger partial charge in [-0.1, -0.05) is 34.1 Å². The van der Waals surface area contributed by atoms with Gasteiger partial charge in [0, 0.05) is 31.2 Å². The van der Waals surface area contributed by atoms with Crippen molar-refractivity contribution in [1.29, 1.82) is 0 Å². The van der Waals surface area contributed by atoms with Crippen LogP contribution < -0.4 is 0 Å². The lowest BCUT2D eigenvalue weighted by Gasteiger charge is -2.23. The number of benzene rings is 1. The molecule has 1 aromatic carbocycles. The predicted molar refractivity (Wildman–Crippen MR) is 82.3 cm³/mol. The molecule has 1 amide bonds. The molecule has 0 radical (unpaired) electrons. The van der Waals surface area contributed by atoms with Gasteiger partial charge in [-0.3, -0.25) is 9.69 Å². The van der Waals surface area contributed by atoms with E-state index in [0.717, 1.165) is 23.0 Å². The molecule has 110 valence electrons. The van der Waals surface area contributed by atoms with Crippen LogP contribution in [0, 0.1) is 0 Å². The van der Waals surface area contributed by atoms with Crippen molar-refractivity contribution in [3.8, 4) is 0 Å². The number of rotatable bonds is 4. The van der Waals surface area contributed by atoms with Crippen molar-refractivity contribution in [2.75, 3.05) is 26.7 Å². The van der Waals surface area contributed by atoms with Crippen LogP contribution in [-0.2, 0) is 11.3 Å². The van der Waals surface area contributed by atoms with E-state index in [9.17, 15) is 9.90 Å². The number of likely N-dealkylation sites (N-methyl/N-ethyl adjacent to an activating group) is 1. The molecule has 1 saturated heterocycles. The highest BCUT2D eigenvalue weighted by atomic mass is 79.9. The molecule has 0 bridgehead atoms. The molecule has 1 heterocycles. The van der Waals surface area contributed by atoms with Crippen molar-refractivity contribution in [2.24, 2.45) is 0 Å². The lowest BCUT2D eigenvalue weighted by molar-refractivity contribution is -0.131. The maximum atomic E-state index is 12.2. The van der Waals surface area contributed by atoms with Crippen molar-refractivity contribution < 1.29 is 9.90 Å². The number of amides is 1. The van der Waals surface area contributed by atoms with Gasteiger partial charge in [0.15, 0.2) is 0 Å². The fraction of sp³-hybridized carbons (Fsp3) is 0.533. The standard InChI is InChI=1S/C15H21BrN2O2/c1-15(20)7-8-18(11-15)10-14(19)17(2)9-12-5-3-4-6-13(12)16/h3-6,20H,7-11H2,1-2H3. The number of carbonyl (C=O) groups is 1. The van der Waals surface area contributed by atoms with E-state index in [2.05, 4.69) is 15.9 Å². The van der Waals surface area contributed by atoms with E-state index >= 15 is 0 Å². The zero-order chi connectivity index (χ0) is 14.8.